The van der Waals surface area contributed by atoms with Crippen LogP contribution in [0.4, 0.5) is 4.79 Å². The van der Waals surface area contributed by atoms with E-state index >= 15 is 0 Å². The number of hydrogen-bond acceptors (Lipinski definition) is 5. The van der Waals surface area contributed by atoms with E-state index in [0.29, 0.717) is 19.7 Å². The predicted molar refractivity (Wildman–Crippen MR) is 90.7 cm³/mol. The summed E-state index contributed by atoms with van der Waals surface area (Å²) in [7, 11) is 1.42. The van der Waals surface area contributed by atoms with Crippen molar-refractivity contribution in [3.8, 4) is 0 Å². The minimum absolute atomic E-state index is 0.277. The lowest BCUT2D eigenvalue weighted by Gasteiger charge is -2.28. The van der Waals surface area contributed by atoms with Crippen LogP contribution in [-0.2, 0) is 14.2 Å². The quantitative estimate of drug-likeness (QED) is 0.719. The van der Waals surface area contributed by atoms with Crippen molar-refractivity contribution in [2.45, 2.75) is 12.8 Å². The lowest BCUT2D eigenvalue weighted by molar-refractivity contribution is 0.0346. The van der Waals surface area contributed by atoms with E-state index in [1.54, 1.807) is 4.90 Å². The van der Waals surface area contributed by atoms with Gasteiger partial charge in [0.2, 0.25) is 0 Å². The summed E-state index contributed by atoms with van der Waals surface area (Å²) >= 11 is 0. The molecule has 0 N–H and O–H groups in total. The highest BCUT2D eigenvalue weighted by Crippen LogP contribution is 2.25. The van der Waals surface area contributed by atoms with E-state index in [0.717, 1.165) is 51.4 Å². The molecule has 1 aliphatic carbocycles. The number of likely N-dealkylation sites (tertiary alicyclic amines) is 1. The fourth-order valence-corrected chi connectivity index (χ4v) is 3.26. The number of rotatable bonds is 5. The van der Waals surface area contributed by atoms with Gasteiger partial charge in [-0.1, -0.05) is 6.08 Å². The summed E-state index contributed by atoms with van der Waals surface area (Å²) < 4.78 is 16.1. The number of piperidine rings is 1. The first kappa shape index (κ1) is 17.0. The van der Waals surface area contributed by atoms with Gasteiger partial charge in [-0.2, -0.15) is 0 Å². The van der Waals surface area contributed by atoms with Crippen LogP contribution in [0.2, 0.25) is 0 Å². The van der Waals surface area contributed by atoms with Crippen molar-refractivity contribution in [3.63, 3.8) is 0 Å². The largest absolute Gasteiger partial charge is 0.494 e. The van der Waals surface area contributed by atoms with E-state index < -0.39 is 0 Å². The smallest absolute Gasteiger partial charge is 0.410 e. The monoisotopic (exact) mass is 334 g/mol. The number of fused-ring (bicyclic) bond motifs is 2. The zero-order chi connectivity index (χ0) is 16.8. The Morgan fingerprint density at radius 2 is 2.00 bits per heavy atom. The fraction of sp³-hybridized carbons (Fsp3) is 0.611. The second-order valence-electron chi connectivity index (χ2n) is 6.36. The molecule has 0 aromatic rings. The summed E-state index contributed by atoms with van der Waals surface area (Å²) in [6, 6.07) is 0. The molecule has 2 fully saturated rings. The van der Waals surface area contributed by atoms with Gasteiger partial charge in [0.25, 0.3) is 0 Å². The van der Waals surface area contributed by atoms with Gasteiger partial charge in [0.1, 0.15) is 5.76 Å². The Kier molecular flexibility index (Phi) is 5.93. The molecule has 24 heavy (non-hydrogen) atoms. The summed E-state index contributed by atoms with van der Waals surface area (Å²) in [6.07, 6.45) is 7.78. The highest BCUT2D eigenvalue weighted by molar-refractivity contribution is 5.69. The van der Waals surface area contributed by atoms with Crippen LogP contribution in [0.15, 0.2) is 35.1 Å². The molecule has 0 aromatic heterocycles. The van der Waals surface area contributed by atoms with Gasteiger partial charge in [-0.25, -0.2) is 4.79 Å². The predicted octanol–water partition coefficient (Wildman–Crippen LogP) is 1.95. The molecule has 1 amide bonds. The van der Waals surface area contributed by atoms with Gasteiger partial charge in [-0.3, -0.25) is 4.90 Å². The molecule has 3 aliphatic rings. The van der Waals surface area contributed by atoms with Gasteiger partial charge in [0.15, 0.2) is 0 Å². The number of carbonyl (C=O) groups is 1. The van der Waals surface area contributed by atoms with Crippen molar-refractivity contribution < 1.29 is 19.0 Å². The van der Waals surface area contributed by atoms with Crippen LogP contribution in [0, 0.1) is 0 Å². The average Bonchev–Trinajstić information content (AvgIpc) is 2.76. The van der Waals surface area contributed by atoms with Gasteiger partial charge in [0.05, 0.1) is 26.9 Å². The summed E-state index contributed by atoms with van der Waals surface area (Å²) in [6.45, 7) is 6.69. The Morgan fingerprint density at radius 3 is 2.79 bits per heavy atom. The topological polar surface area (TPSA) is 51.2 Å². The molecular weight excluding hydrogens is 308 g/mol. The van der Waals surface area contributed by atoms with Crippen LogP contribution in [0.1, 0.15) is 12.8 Å². The maximum Gasteiger partial charge on any atom is 0.410 e. The second-order valence-corrected chi connectivity index (χ2v) is 6.36. The summed E-state index contributed by atoms with van der Waals surface area (Å²) in [5.41, 5.74) is 2.40. The molecule has 6 nitrogen and oxygen atoms in total. The van der Waals surface area contributed by atoms with Crippen molar-refractivity contribution >= 4 is 6.09 Å². The normalized spacial score (nSPS) is 21.4. The molecule has 0 unspecified atom stereocenters. The van der Waals surface area contributed by atoms with Crippen molar-refractivity contribution in [2.75, 3.05) is 59.7 Å². The maximum absolute atomic E-state index is 11.7. The van der Waals surface area contributed by atoms with E-state index in [1.165, 1.54) is 18.3 Å². The molecule has 0 saturated carbocycles. The van der Waals surface area contributed by atoms with Crippen LogP contribution in [0.25, 0.3) is 0 Å². The SMILES string of the molecule is COC(=O)N1CC2=CC=C(OCCCN3CCOCC3)C=C(C2)C1. The highest BCUT2D eigenvalue weighted by atomic mass is 16.5. The van der Waals surface area contributed by atoms with Crippen molar-refractivity contribution in [3.05, 3.63) is 35.1 Å². The number of amides is 1. The van der Waals surface area contributed by atoms with Gasteiger partial charge in [0, 0.05) is 32.7 Å². The van der Waals surface area contributed by atoms with E-state index in [-0.39, 0.29) is 6.09 Å². The molecule has 2 bridgehead atoms. The Bertz CT molecular complexity index is 547. The van der Waals surface area contributed by atoms with Crippen LogP contribution >= 0.6 is 0 Å². The van der Waals surface area contributed by atoms with E-state index in [4.69, 9.17) is 14.2 Å². The lowest BCUT2D eigenvalue weighted by atomic mass is 10.0. The summed E-state index contributed by atoms with van der Waals surface area (Å²) in [5.74, 6) is 0.883. The van der Waals surface area contributed by atoms with E-state index in [2.05, 4.69) is 17.1 Å². The number of morpholine rings is 1. The molecule has 2 aliphatic heterocycles. The maximum atomic E-state index is 11.7. The fourth-order valence-electron chi connectivity index (χ4n) is 3.26. The molecule has 6 heteroatoms. The Morgan fingerprint density at radius 1 is 1.21 bits per heavy atom. The Balaban J connectivity index is 1.47. The second kappa shape index (κ2) is 8.35. The molecule has 0 atom stereocenters. The third-order valence-corrected chi connectivity index (χ3v) is 4.50. The minimum atomic E-state index is -0.277. The Labute approximate surface area is 143 Å². The molecule has 0 radical (unpaired) electrons. The third-order valence-electron chi connectivity index (χ3n) is 4.50. The van der Waals surface area contributed by atoms with Gasteiger partial charge < -0.3 is 19.1 Å². The van der Waals surface area contributed by atoms with Crippen LogP contribution < -0.4 is 0 Å². The molecule has 2 heterocycles. The van der Waals surface area contributed by atoms with Crippen LogP contribution in [-0.4, -0.2) is 75.5 Å². The van der Waals surface area contributed by atoms with Gasteiger partial charge in [-0.15, -0.1) is 0 Å². The third kappa shape index (κ3) is 4.61. The minimum Gasteiger partial charge on any atom is -0.494 e. The number of nitrogens with zero attached hydrogens (tertiary/aromatic N) is 2. The number of methoxy groups -OCH3 is 1. The first-order valence-corrected chi connectivity index (χ1v) is 8.59. The summed E-state index contributed by atoms with van der Waals surface area (Å²) in [4.78, 5) is 15.9. The standard InChI is InChI=1S/C18H26N2O4/c1-22-18(21)20-13-15-3-4-17(12-16(11-15)14-20)24-8-2-5-19-6-9-23-10-7-19/h3-4,12H,2,5-11,13-14H2,1H3. The van der Waals surface area contributed by atoms with Crippen LogP contribution in [0.3, 0.4) is 0 Å². The van der Waals surface area contributed by atoms with Crippen LogP contribution in [0.5, 0.6) is 0 Å². The number of ether oxygens (including phenoxy) is 3. The molecule has 2 saturated heterocycles. The molecule has 3 rings (SSSR count). The molecular formula is C18H26N2O4. The molecule has 132 valence electrons. The number of carbonyl (C=O) groups excluding carboxylic acids is 1. The number of allylic oxidation sites excluding steroid dienone is 3. The molecule has 0 spiro atoms. The zero-order valence-corrected chi connectivity index (χ0v) is 14.3. The summed E-state index contributed by atoms with van der Waals surface area (Å²) in [5, 5.41) is 0. The van der Waals surface area contributed by atoms with Gasteiger partial charge in [-0.05, 0) is 36.1 Å². The lowest BCUT2D eigenvalue weighted by Crippen LogP contribution is -2.37. The first-order chi connectivity index (χ1) is 11.7. The van der Waals surface area contributed by atoms with Crippen molar-refractivity contribution in [1.82, 2.24) is 9.80 Å². The van der Waals surface area contributed by atoms with E-state index in [1.807, 2.05) is 6.08 Å². The number of hydrogen-bond donors (Lipinski definition) is 0. The molecule has 0 aromatic carbocycles. The van der Waals surface area contributed by atoms with E-state index in [9.17, 15) is 4.79 Å². The first-order valence-electron chi connectivity index (χ1n) is 8.59. The van der Waals surface area contributed by atoms with Crippen molar-refractivity contribution in [1.29, 1.82) is 0 Å². The Hall–Kier alpha value is -1.79. The zero-order valence-electron chi connectivity index (χ0n) is 14.3. The average molecular weight is 334 g/mol. The van der Waals surface area contributed by atoms with Crippen molar-refractivity contribution in [2.24, 2.45) is 0 Å². The highest BCUT2D eigenvalue weighted by Gasteiger charge is 2.24. The van der Waals surface area contributed by atoms with Gasteiger partial charge >= 0.3 is 6.09 Å².